The number of rotatable bonds is 4. The first-order valence-electron chi connectivity index (χ1n) is 7.81. The van der Waals surface area contributed by atoms with Gasteiger partial charge in [0.05, 0.1) is 12.6 Å². The van der Waals surface area contributed by atoms with Gasteiger partial charge in [-0.1, -0.05) is 6.07 Å². The number of carbonyl (C=O) groups is 1. The molecule has 114 valence electrons. The fourth-order valence-corrected chi connectivity index (χ4v) is 2.99. The lowest BCUT2D eigenvalue weighted by Gasteiger charge is -2.24. The first kappa shape index (κ1) is 13.4. The minimum atomic E-state index is 0.193. The van der Waals surface area contributed by atoms with Crippen LogP contribution in [0.2, 0.25) is 0 Å². The molecule has 2 aromatic rings. The van der Waals surface area contributed by atoms with Crippen molar-refractivity contribution in [1.82, 2.24) is 30.1 Å². The van der Waals surface area contributed by atoms with Crippen molar-refractivity contribution in [1.29, 1.82) is 0 Å². The van der Waals surface area contributed by atoms with Crippen LogP contribution in [0.25, 0.3) is 11.5 Å². The summed E-state index contributed by atoms with van der Waals surface area (Å²) in [5, 5.41) is 12.6. The topological polar surface area (TPSA) is 76.8 Å². The van der Waals surface area contributed by atoms with Gasteiger partial charge in [0, 0.05) is 18.7 Å². The van der Waals surface area contributed by atoms with Gasteiger partial charge in [0.1, 0.15) is 5.69 Å². The first-order valence-corrected chi connectivity index (χ1v) is 7.81. The number of carbonyl (C=O) groups excluding carboxylic acids is 1. The second kappa shape index (κ2) is 5.47. The summed E-state index contributed by atoms with van der Waals surface area (Å²) in [4.78, 5) is 20.1. The van der Waals surface area contributed by atoms with E-state index in [2.05, 4.69) is 20.4 Å². The molecule has 0 aromatic carbocycles. The van der Waals surface area contributed by atoms with Crippen molar-refractivity contribution >= 4 is 5.91 Å². The summed E-state index contributed by atoms with van der Waals surface area (Å²) in [6.07, 6.45) is 5.88. The van der Waals surface area contributed by atoms with E-state index in [1.807, 2.05) is 23.1 Å². The molecule has 0 unspecified atom stereocenters. The van der Waals surface area contributed by atoms with Gasteiger partial charge in [-0.05, 0) is 43.0 Å². The van der Waals surface area contributed by atoms with Gasteiger partial charge < -0.3 is 4.90 Å². The number of nitrogens with zero attached hydrogens (tertiary/aromatic N) is 6. The second-order valence-corrected chi connectivity index (χ2v) is 5.98. The molecule has 2 aromatic heterocycles. The summed E-state index contributed by atoms with van der Waals surface area (Å²) in [6.45, 7) is 1.47. The van der Waals surface area contributed by atoms with E-state index in [9.17, 15) is 4.79 Å². The largest absolute Gasteiger partial charge is 0.338 e. The van der Waals surface area contributed by atoms with E-state index in [-0.39, 0.29) is 12.0 Å². The highest BCUT2D eigenvalue weighted by molar-refractivity contribution is 5.81. The standard InChI is InChI=1S/C15H18N6O/c22-15(11-6-7-11)20-9-3-4-12(20)10-21-18-14(17-19-21)13-5-1-2-8-16-13/h1-2,5,8,11-12H,3-4,6-7,9-10H2/t12-/m1/s1. The Labute approximate surface area is 128 Å². The molecular weight excluding hydrogens is 280 g/mol. The molecule has 0 N–H and O–H groups in total. The van der Waals surface area contributed by atoms with Gasteiger partial charge in [-0.2, -0.15) is 4.80 Å². The molecule has 1 atom stereocenters. The number of tetrazole rings is 1. The van der Waals surface area contributed by atoms with Crippen molar-refractivity contribution in [2.75, 3.05) is 6.54 Å². The SMILES string of the molecule is O=C(C1CC1)N1CCC[C@@H]1Cn1nnc(-c2ccccn2)n1. The lowest BCUT2D eigenvalue weighted by atomic mass is 10.2. The number of hydrogen-bond donors (Lipinski definition) is 0. The Morgan fingerprint density at radius 3 is 2.95 bits per heavy atom. The van der Waals surface area contributed by atoms with Crippen LogP contribution in [0.5, 0.6) is 0 Å². The fraction of sp³-hybridized carbons (Fsp3) is 0.533. The van der Waals surface area contributed by atoms with Crippen LogP contribution in [0, 0.1) is 5.92 Å². The highest BCUT2D eigenvalue weighted by Crippen LogP contribution is 2.33. The Bertz CT molecular complexity index is 666. The van der Waals surface area contributed by atoms with Crippen LogP contribution in [0.1, 0.15) is 25.7 Å². The molecule has 4 rings (SSSR count). The fourth-order valence-electron chi connectivity index (χ4n) is 2.99. The van der Waals surface area contributed by atoms with Gasteiger partial charge in [0.25, 0.3) is 0 Å². The van der Waals surface area contributed by atoms with Crippen LogP contribution < -0.4 is 0 Å². The van der Waals surface area contributed by atoms with Crippen molar-refractivity contribution in [3.05, 3.63) is 24.4 Å². The number of amides is 1. The van der Waals surface area contributed by atoms with E-state index >= 15 is 0 Å². The number of pyridine rings is 1. The summed E-state index contributed by atoms with van der Waals surface area (Å²) in [5.74, 6) is 1.11. The number of aromatic nitrogens is 5. The van der Waals surface area contributed by atoms with Gasteiger partial charge in [-0.15, -0.1) is 10.2 Å². The molecule has 1 saturated heterocycles. The van der Waals surface area contributed by atoms with E-state index in [4.69, 9.17) is 0 Å². The highest BCUT2D eigenvalue weighted by Gasteiger charge is 2.38. The average molecular weight is 298 g/mol. The molecule has 1 saturated carbocycles. The maximum atomic E-state index is 12.3. The van der Waals surface area contributed by atoms with Crippen LogP contribution in [0.4, 0.5) is 0 Å². The molecule has 1 amide bonds. The van der Waals surface area contributed by atoms with Crippen LogP contribution in [0.3, 0.4) is 0 Å². The normalized spacial score (nSPS) is 21.3. The molecule has 22 heavy (non-hydrogen) atoms. The summed E-state index contributed by atoms with van der Waals surface area (Å²) >= 11 is 0. The van der Waals surface area contributed by atoms with Crippen LogP contribution >= 0.6 is 0 Å². The first-order chi connectivity index (χ1) is 10.8. The zero-order valence-corrected chi connectivity index (χ0v) is 12.3. The molecule has 3 heterocycles. The van der Waals surface area contributed by atoms with E-state index in [1.54, 1.807) is 11.0 Å². The van der Waals surface area contributed by atoms with Gasteiger partial charge in [-0.25, -0.2) is 0 Å². The van der Waals surface area contributed by atoms with E-state index in [0.29, 0.717) is 24.0 Å². The van der Waals surface area contributed by atoms with Gasteiger partial charge >= 0.3 is 0 Å². The van der Waals surface area contributed by atoms with E-state index in [0.717, 1.165) is 32.2 Å². The summed E-state index contributed by atoms with van der Waals surface area (Å²) in [6, 6.07) is 5.81. The average Bonchev–Trinajstić information content (AvgIpc) is 3.13. The molecule has 2 fully saturated rings. The van der Waals surface area contributed by atoms with Crippen molar-refractivity contribution < 1.29 is 4.79 Å². The minimum absolute atomic E-state index is 0.193. The Morgan fingerprint density at radius 2 is 2.18 bits per heavy atom. The minimum Gasteiger partial charge on any atom is -0.338 e. The molecule has 1 aliphatic carbocycles. The smallest absolute Gasteiger partial charge is 0.225 e. The van der Waals surface area contributed by atoms with E-state index < -0.39 is 0 Å². The predicted molar refractivity (Wildman–Crippen MR) is 78.5 cm³/mol. The van der Waals surface area contributed by atoms with Crippen molar-refractivity contribution in [2.24, 2.45) is 5.92 Å². The Hall–Kier alpha value is -2.31. The van der Waals surface area contributed by atoms with E-state index in [1.165, 1.54) is 0 Å². The lowest BCUT2D eigenvalue weighted by molar-refractivity contribution is -0.133. The van der Waals surface area contributed by atoms with Gasteiger partial charge in [0.15, 0.2) is 0 Å². The second-order valence-electron chi connectivity index (χ2n) is 5.98. The summed E-state index contributed by atoms with van der Waals surface area (Å²) < 4.78 is 0. The summed E-state index contributed by atoms with van der Waals surface area (Å²) in [7, 11) is 0. The molecule has 0 radical (unpaired) electrons. The maximum absolute atomic E-state index is 12.3. The predicted octanol–water partition coefficient (Wildman–Crippen LogP) is 1.14. The quantitative estimate of drug-likeness (QED) is 0.846. The van der Waals surface area contributed by atoms with Crippen LogP contribution in [0.15, 0.2) is 24.4 Å². The Kier molecular flexibility index (Phi) is 3.32. The van der Waals surface area contributed by atoms with Crippen molar-refractivity contribution in [3.63, 3.8) is 0 Å². The van der Waals surface area contributed by atoms with Crippen molar-refractivity contribution in [2.45, 2.75) is 38.3 Å². The van der Waals surface area contributed by atoms with Crippen LogP contribution in [-0.2, 0) is 11.3 Å². The molecular formula is C15H18N6O. The Morgan fingerprint density at radius 1 is 1.27 bits per heavy atom. The highest BCUT2D eigenvalue weighted by atomic mass is 16.2. The molecule has 7 nitrogen and oxygen atoms in total. The lowest BCUT2D eigenvalue weighted by Crippen LogP contribution is -2.39. The monoisotopic (exact) mass is 298 g/mol. The van der Waals surface area contributed by atoms with Gasteiger partial charge in [0.2, 0.25) is 11.7 Å². The number of hydrogen-bond acceptors (Lipinski definition) is 5. The van der Waals surface area contributed by atoms with Crippen LogP contribution in [-0.4, -0.2) is 48.6 Å². The van der Waals surface area contributed by atoms with Gasteiger partial charge in [-0.3, -0.25) is 9.78 Å². The zero-order valence-electron chi connectivity index (χ0n) is 12.3. The molecule has 0 spiro atoms. The third kappa shape index (κ3) is 2.58. The third-order valence-corrected chi connectivity index (χ3v) is 4.31. The molecule has 1 aliphatic heterocycles. The molecule has 2 aliphatic rings. The third-order valence-electron chi connectivity index (χ3n) is 4.31. The summed E-state index contributed by atoms with van der Waals surface area (Å²) in [5.41, 5.74) is 0.714. The number of likely N-dealkylation sites (tertiary alicyclic amines) is 1. The molecule has 0 bridgehead atoms. The maximum Gasteiger partial charge on any atom is 0.225 e. The zero-order chi connectivity index (χ0) is 14.9. The molecule has 7 heteroatoms. The van der Waals surface area contributed by atoms with Crippen molar-refractivity contribution in [3.8, 4) is 11.5 Å². The Balaban J connectivity index is 1.47.